The van der Waals surface area contributed by atoms with E-state index >= 15 is 0 Å². The normalized spacial score (nSPS) is 33.6. The van der Waals surface area contributed by atoms with Crippen molar-refractivity contribution in [3.63, 3.8) is 0 Å². The van der Waals surface area contributed by atoms with Gasteiger partial charge in [0, 0.05) is 25.1 Å². The van der Waals surface area contributed by atoms with E-state index in [-0.39, 0.29) is 11.0 Å². The SMILES string of the molecule is CCCC1(C)C2(C)n3nc(C(F)(F)F)cc3-c3cccc[n+]3C12C. The highest BCUT2D eigenvalue weighted by molar-refractivity contribution is 5.57. The third-order valence-corrected chi connectivity index (χ3v) is 6.81. The van der Waals surface area contributed by atoms with Crippen LogP contribution in [0.25, 0.3) is 11.4 Å². The van der Waals surface area contributed by atoms with Crippen molar-refractivity contribution < 1.29 is 17.7 Å². The summed E-state index contributed by atoms with van der Waals surface area (Å²) in [5.74, 6) is 0. The summed E-state index contributed by atoms with van der Waals surface area (Å²) in [6, 6.07) is 6.86. The molecule has 3 atom stereocenters. The summed E-state index contributed by atoms with van der Waals surface area (Å²) < 4.78 is 43.6. The van der Waals surface area contributed by atoms with Gasteiger partial charge >= 0.3 is 6.18 Å². The molecule has 0 saturated heterocycles. The Balaban J connectivity index is 2.05. The number of hydrogen-bond acceptors (Lipinski definition) is 1. The van der Waals surface area contributed by atoms with Crippen molar-refractivity contribution in [3.05, 3.63) is 36.2 Å². The van der Waals surface area contributed by atoms with Crippen molar-refractivity contribution in [2.75, 3.05) is 0 Å². The fourth-order valence-electron chi connectivity index (χ4n) is 5.18. The van der Waals surface area contributed by atoms with E-state index in [1.165, 1.54) is 6.07 Å². The number of hydrogen-bond donors (Lipinski definition) is 0. The lowest BCUT2D eigenvalue weighted by atomic mass is 9.95. The Morgan fingerprint density at radius 2 is 1.92 bits per heavy atom. The Morgan fingerprint density at radius 1 is 1.21 bits per heavy atom. The molecule has 1 fully saturated rings. The first-order chi connectivity index (χ1) is 11.1. The van der Waals surface area contributed by atoms with Crippen LogP contribution >= 0.6 is 0 Å². The van der Waals surface area contributed by atoms with Crippen LogP contribution < -0.4 is 4.57 Å². The summed E-state index contributed by atoms with van der Waals surface area (Å²) in [6.07, 6.45) is -0.542. The first-order valence-electron chi connectivity index (χ1n) is 8.32. The van der Waals surface area contributed by atoms with Crippen LogP contribution in [0, 0.1) is 5.41 Å². The molecular weight excluding hydrogens is 315 g/mol. The molecule has 0 bridgehead atoms. The Bertz CT molecular complexity index is 840. The molecule has 3 nitrogen and oxygen atoms in total. The number of nitrogens with zero attached hydrogens (tertiary/aromatic N) is 3. The second-order valence-corrected chi connectivity index (χ2v) is 7.51. The summed E-state index contributed by atoms with van der Waals surface area (Å²) in [5.41, 5.74) is -0.412. The van der Waals surface area contributed by atoms with Gasteiger partial charge < -0.3 is 0 Å². The van der Waals surface area contributed by atoms with Crippen LogP contribution in [0.5, 0.6) is 0 Å². The molecule has 2 aliphatic rings. The van der Waals surface area contributed by atoms with Crippen LogP contribution in [0.4, 0.5) is 13.2 Å². The van der Waals surface area contributed by atoms with Gasteiger partial charge in [-0.25, -0.2) is 4.68 Å². The largest absolute Gasteiger partial charge is 0.435 e. The van der Waals surface area contributed by atoms with E-state index in [1.807, 2.05) is 31.3 Å². The number of pyridine rings is 1. The molecule has 0 radical (unpaired) electrons. The summed E-state index contributed by atoms with van der Waals surface area (Å²) in [6.45, 7) is 8.47. The van der Waals surface area contributed by atoms with Gasteiger partial charge in [-0.2, -0.15) is 22.8 Å². The molecule has 4 rings (SSSR count). The first-order valence-corrected chi connectivity index (χ1v) is 8.32. The molecule has 0 amide bonds. The van der Waals surface area contributed by atoms with Gasteiger partial charge in [0.1, 0.15) is 11.2 Å². The van der Waals surface area contributed by atoms with Crippen LogP contribution in [-0.4, -0.2) is 9.78 Å². The average molecular weight is 336 g/mol. The van der Waals surface area contributed by atoms with Gasteiger partial charge in [0.05, 0.1) is 5.41 Å². The fraction of sp³-hybridized carbons (Fsp3) is 0.556. The Kier molecular flexibility index (Phi) is 2.75. The molecule has 0 spiro atoms. The molecule has 0 N–H and O–H groups in total. The standard InChI is InChI=1S/C18H21F3N3/c1-5-9-15(2)16(3)17(15,4)24-13(11-14(22-24)18(19,20)21)12-8-6-7-10-23(12)16/h6-8,10-11H,5,9H2,1-4H3/q+1. The second kappa shape index (κ2) is 4.21. The molecule has 128 valence electrons. The van der Waals surface area contributed by atoms with Gasteiger partial charge in [-0.05, 0) is 19.4 Å². The van der Waals surface area contributed by atoms with Gasteiger partial charge in [0.2, 0.25) is 5.69 Å². The monoisotopic (exact) mass is 336 g/mol. The number of alkyl halides is 3. The average Bonchev–Trinajstić information content (AvgIpc) is 2.87. The van der Waals surface area contributed by atoms with Crippen molar-refractivity contribution in [3.8, 4) is 11.4 Å². The van der Waals surface area contributed by atoms with E-state index < -0.39 is 17.4 Å². The predicted octanol–water partition coefficient (Wildman–Crippen LogP) is 4.12. The van der Waals surface area contributed by atoms with Crippen LogP contribution in [0.15, 0.2) is 30.5 Å². The minimum Gasteiger partial charge on any atom is -0.244 e. The van der Waals surface area contributed by atoms with Gasteiger partial charge in [-0.3, -0.25) is 0 Å². The Morgan fingerprint density at radius 3 is 2.54 bits per heavy atom. The summed E-state index contributed by atoms with van der Waals surface area (Å²) in [4.78, 5) is 0. The van der Waals surface area contributed by atoms with Crippen LogP contribution in [-0.2, 0) is 17.3 Å². The zero-order valence-electron chi connectivity index (χ0n) is 14.3. The minimum atomic E-state index is -4.44. The summed E-state index contributed by atoms with van der Waals surface area (Å²) >= 11 is 0. The van der Waals surface area contributed by atoms with Crippen LogP contribution in [0.3, 0.4) is 0 Å². The molecule has 24 heavy (non-hydrogen) atoms. The summed E-state index contributed by atoms with van der Waals surface area (Å²) in [7, 11) is 0. The zero-order valence-corrected chi connectivity index (χ0v) is 14.3. The molecule has 1 aliphatic heterocycles. The lowest BCUT2D eigenvalue weighted by Crippen LogP contribution is -2.55. The van der Waals surface area contributed by atoms with Crippen molar-refractivity contribution in [1.29, 1.82) is 0 Å². The van der Waals surface area contributed by atoms with Gasteiger partial charge in [-0.15, -0.1) is 0 Å². The van der Waals surface area contributed by atoms with Crippen molar-refractivity contribution >= 4 is 0 Å². The molecular formula is C18H21F3N3+. The van der Waals surface area contributed by atoms with E-state index in [4.69, 9.17) is 0 Å². The molecule has 2 aromatic heterocycles. The van der Waals surface area contributed by atoms with Crippen molar-refractivity contribution in [1.82, 2.24) is 9.78 Å². The highest BCUT2D eigenvalue weighted by atomic mass is 19.4. The lowest BCUT2D eigenvalue weighted by molar-refractivity contribution is -0.739. The van der Waals surface area contributed by atoms with Crippen LogP contribution in [0.2, 0.25) is 0 Å². The number of aromatic nitrogens is 3. The summed E-state index contributed by atoms with van der Waals surface area (Å²) in [5, 5.41) is 4.02. The lowest BCUT2D eigenvalue weighted by Gasteiger charge is -2.23. The van der Waals surface area contributed by atoms with E-state index in [9.17, 15) is 13.2 Å². The maximum atomic E-state index is 13.3. The highest BCUT2D eigenvalue weighted by Gasteiger charge is 2.90. The molecule has 6 heteroatoms. The molecule has 1 saturated carbocycles. The van der Waals surface area contributed by atoms with E-state index in [0.29, 0.717) is 5.69 Å². The maximum Gasteiger partial charge on any atom is 0.435 e. The number of fused-ring (bicyclic) bond motifs is 6. The quantitative estimate of drug-likeness (QED) is 0.756. The van der Waals surface area contributed by atoms with Gasteiger partial charge in [0.25, 0.3) is 0 Å². The van der Waals surface area contributed by atoms with Crippen LogP contribution in [0.1, 0.15) is 46.2 Å². The maximum absolute atomic E-state index is 13.3. The Hall–Kier alpha value is -1.85. The third kappa shape index (κ3) is 1.42. The van der Waals surface area contributed by atoms with E-state index in [0.717, 1.165) is 18.5 Å². The van der Waals surface area contributed by atoms with Gasteiger partial charge in [0.15, 0.2) is 17.4 Å². The molecule has 2 aromatic rings. The van der Waals surface area contributed by atoms with Crippen molar-refractivity contribution in [2.24, 2.45) is 5.41 Å². The smallest absolute Gasteiger partial charge is 0.244 e. The highest BCUT2D eigenvalue weighted by Crippen LogP contribution is 2.75. The molecule has 3 unspecified atom stereocenters. The number of rotatable bonds is 2. The topological polar surface area (TPSA) is 21.7 Å². The first kappa shape index (κ1) is 15.7. The van der Waals surface area contributed by atoms with Crippen molar-refractivity contribution in [2.45, 2.75) is 57.8 Å². The molecule has 0 aromatic carbocycles. The third-order valence-electron chi connectivity index (χ3n) is 6.81. The molecule has 1 aliphatic carbocycles. The zero-order chi connectivity index (χ0) is 17.5. The predicted molar refractivity (Wildman–Crippen MR) is 83.2 cm³/mol. The Labute approximate surface area is 139 Å². The number of halogens is 3. The second-order valence-electron chi connectivity index (χ2n) is 7.51. The van der Waals surface area contributed by atoms with E-state index in [1.54, 1.807) is 4.68 Å². The fourth-order valence-corrected chi connectivity index (χ4v) is 5.18. The minimum absolute atomic E-state index is 0.157. The molecule has 3 heterocycles. The van der Waals surface area contributed by atoms with Gasteiger partial charge in [-0.1, -0.05) is 20.3 Å². The van der Waals surface area contributed by atoms with E-state index in [2.05, 4.69) is 30.4 Å².